The zero-order valence-electron chi connectivity index (χ0n) is 17.1. The van der Waals surface area contributed by atoms with Gasteiger partial charge in [0, 0.05) is 18.1 Å². The quantitative estimate of drug-likeness (QED) is 0.479. The van der Waals surface area contributed by atoms with Gasteiger partial charge >= 0.3 is 0 Å². The molecule has 0 spiro atoms. The van der Waals surface area contributed by atoms with E-state index in [0.717, 1.165) is 22.0 Å². The van der Waals surface area contributed by atoms with E-state index in [9.17, 15) is 15.2 Å². The number of fused-ring (bicyclic) bond motifs is 1. The van der Waals surface area contributed by atoms with Gasteiger partial charge in [-0.1, -0.05) is 66.7 Å². The molecule has 31 heavy (non-hydrogen) atoms. The first-order valence-corrected chi connectivity index (χ1v) is 10.0. The number of pyridine rings is 1. The molecule has 3 aromatic carbocycles. The van der Waals surface area contributed by atoms with Crippen molar-refractivity contribution in [3.8, 4) is 11.9 Å². The van der Waals surface area contributed by atoms with E-state index in [1.54, 1.807) is 6.92 Å². The Morgan fingerprint density at radius 2 is 1.74 bits per heavy atom. The molecule has 0 atom stereocenters. The molecule has 0 amide bonds. The normalized spacial score (nSPS) is 11.1. The molecular formula is C26H21N3O2. The van der Waals surface area contributed by atoms with E-state index in [1.165, 1.54) is 10.8 Å². The van der Waals surface area contributed by atoms with Gasteiger partial charge in [-0.15, -0.1) is 0 Å². The summed E-state index contributed by atoms with van der Waals surface area (Å²) < 4.78 is 1.25. The first kappa shape index (κ1) is 20.1. The van der Waals surface area contributed by atoms with Gasteiger partial charge in [-0.2, -0.15) is 5.26 Å². The van der Waals surface area contributed by atoms with E-state index in [0.29, 0.717) is 17.5 Å². The molecule has 0 aliphatic heterocycles. The van der Waals surface area contributed by atoms with Gasteiger partial charge in [-0.25, -0.2) is 0 Å². The van der Waals surface area contributed by atoms with Crippen molar-refractivity contribution in [3.05, 3.63) is 105 Å². The predicted octanol–water partition coefficient (Wildman–Crippen LogP) is 4.88. The largest absolute Gasteiger partial charge is 0.494 e. The Morgan fingerprint density at radius 1 is 1.03 bits per heavy atom. The third kappa shape index (κ3) is 3.96. The Bertz CT molecular complexity index is 1370. The summed E-state index contributed by atoms with van der Waals surface area (Å²) in [6, 6.07) is 25.4. The summed E-state index contributed by atoms with van der Waals surface area (Å²) in [6.45, 7) is 1.92. The van der Waals surface area contributed by atoms with Crippen LogP contribution in [-0.2, 0) is 13.0 Å². The van der Waals surface area contributed by atoms with Crippen LogP contribution in [0.1, 0.15) is 22.3 Å². The fourth-order valence-corrected chi connectivity index (χ4v) is 3.67. The SMILES string of the molecule is Cc1c(C=Nc2cccc3ccccc23)c(O)n(CCc2ccccc2)c(=O)c1C#N. The second-order valence-electron chi connectivity index (χ2n) is 7.30. The number of benzene rings is 3. The molecule has 0 fully saturated rings. The molecule has 1 N–H and O–H groups in total. The van der Waals surface area contributed by atoms with Crippen molar-refractivity contribution in [2.75, 3.05) is 0 Å². The second-order valence-corrected chi connectivity index (χ2v) is 7.30. The minimum atomic E-state index is -0.490. The Balaban J connectivity index is 1.77. The van der Waals surface area contributed by atoms with Crippen LogP contribution >= 0.6 is 0 Å². The molecule has 0 bridgehead atoms. The highest BCUT2D eigenvalue weighted by molar-refractivity contribution is 5.96. The molecular weight excluding hydrogens is 386 g/mol. The highest BCUT2D eigenvalue weighted by atomic mass is 16.3. The number of rotatable bonds is 5. The van der Waals surface area contributed by atoms with E-state index in [1.807, 2.05) is 78.9 Å². The summed E-state index contributed by atoms with van der Waals surface area (Å²) in [7, 11) is 0. The number of aromatic nitrogens is 1. The number of hydrogen-bond acceptors (Lipinski definition) is 4. The molecule has 5 nitrogen and oxygen atoms in total. The fourth-order valence-electron chi connectivity index (χ4n) is 3.67. The average Bonchev–Trinajstić information content (AvgIpc) is 2.80. The Morgan fingerprint density at radius 3 is 2.52 bits per heavy atom. The molecule has 1 aromatic heterocycles. The Kier molecular flexibility index (Phi) is 5.63. The highest BCUT2D eigenvalue weighted by Crippen LogP contribution is 2.27. The van der Waals surface area contributed by atoms with Crippen molar-refractivity contribution in [3.63, 3.8) is 0 Å². The summed E-state index contributed by atoms with van der Waals surface area (Å²) in [4.78, 5) is 17.4. The van der Waals surface area contributed by atoms with Crippen molar-refractivity contribution in [1.29, 1.82) is 5.26 Å². The molecule has 0 aliphatic carbocycles. The van der Waals surface area contributed by atoms with E-state index < -0.39 is 5.56 Å². The van der Waals surface area contributed by atoms with Crippen LogP contribution in [-0.4, -0.2) is 15.9 Å². The van der Waals surface area contributed by atoms with Crippen molar-refractivity contribution in [1.82, 2.24) is 4.57 Å². The van der Waals surface area contributed by atoms with Crippen LogP contribution in [0.15, 0.2) is 82.6 Å². The third-order valence-corrected chi connectivity index (χ3v) is 5.41. The summed E-state index contributed by atoms with van der Waals surface area (Å²) in [6.07, 6.45) is 2.09. The van der Waals surface area contributed by atoms with E-state index >= 15 is 0 Å². The maximum atomic E-state index is 12.8. The molecule has 5 heteroatoms. The van der Waals surface area contributed by atoms with Crippen molar-refractivity contribution in [2.45, 2.75) is 19.9 Å². The van der Waals surface area contributed by atoms with E-state index in [-0.39, 0.29) is 18.0 Å². The number of hydrogen-bond donors (Lipinski definition) is 1. The lowest BCUT2D eigenvalue weighted by atomic mass is 10.1. The smallest absolute Gasteiger partial charge is 0.271 e. The van der Waals surface area contributed by atoms with E-state index in [4.69, 9.17) is 0 Å². The van der Waals surface area contributed by atoms with E-state index in [2.05, 4.69) is 4.99 Å². The fraction of sp³-hybridized carbons (Fsp3) is 0.115. The molecule has 4 rings (SSSR count). The van der Waals surface area contributed by atoms with Gasteiger partial charge in [0.05, 0.1) is 11.3 Å². The first-order chi connectivity index (χ1) is 15.1. The molecule has 0 saturated heterocycles. The number of nitrogens with zero attached hydrogens (tertiary/aromatic N) is 3. The maximum absolute atomic E-state index is 12.8. The van der Waals surface area contributed by atoms with Crippen LogP contribution in [0.25, 0.3) is 10.8 Å². The lowest BCUT2D eigenvalue weighted by Crippen LogP contribution is -2.26. The summed E-state index contributed by atoms with van der Waals surface area (Å²) in [5, 5.41) is 22.5. The molecule has 1 heterocycles. The van der Waals surface area contributed by atoms with Crippen LogP contribution in [0.3, 0.4) is 0 Å². The maximum Gasteiger partial charge on any atom is 0.271 e. The van der Waals surface area contributed by atoms with Crippen LogP contribution < -0.4 is 5.56 Å². The van der Waals surface area contributed by atoms with Crippen LogP contribution in [0.4, 0.5) is 5.69 Å². The van der Waals surface area contributed by atoms with Gasteiger partial charge in [0.15, 0.2) is 0 Å². The standard InChI is InChI=1S/C26H21N3O2/c1-18-22(16-27)25(30)29(15-14-19-8-3-2-4-9-19)26(31)23(18)17-28-24-13-7-11-20-10-5-6-12-21(20)24/h2-13,17,31H,14-15H2,1H3. The molecule has 4 aromatic rings. The lowest BCUT2D eigenvalue weighted by molar-refractivity contribution is 0.404. The van der Waals surface area contributed by atoms with Gasteiger partial charge in [0.25, 0.3) is 5.56 Å². The second kappa shape index (κ2) is 8.68. The third-order valence-electron chi connectivity index (χ3n) is 5.41. The highest BCUT2D eigenvalue weighted by Gasteiger charge is 2.18. The summed E-state index contributed by atoms with van der Waals surface area (Å²) >= 11 is 0. The zero-order chi connectivity index (χ0) is 21.8. The number of aromatic hydroxyl groups is 1. The topological polar surface area (TPSA) is 78.4 Å². The molecule has 0 saturated carbocycles. The van der Waals surface area contributed by atoms with Crippen molar-refractivity contribution in [2.24, 2.45) is 4.99 Å². The van der Waals surface area contributed by atoms with Crippen LogP contribution in [0.2, 0.25) is 0 Å². The van der Waals surface area contributed by atoms with Gasteiger partial charge < -0.3 is 5.11 Å². The van der Waals surface area contributed by atoms with Crippen molar-refractivity contribution < 1.29 is 5.11 Å². The number of nitriles is 1. The Hall–Kier alpha value is -4.17. The molecule has 0 unspecified atom stereocenters. The van der Waals surface area contributed by atoms with Gasteiger partial charge in [0.1, 0.15) is 11.6 Å². The van der Waals surface area contributed by atoms with Gasteiger partial charge in [0.2, 0.25) is 5.88 Å². The number of aryl methyl sites for hydroxylation is 1. The van der Waals surface area contributed by atoms with Crippen LogP contribution in [0, 0.1) is 18.3 Å². The average molecular weight is 407 g/mol. The predicted molar refractivity (Wildman–Crippen MR) is 123 cm³/mol. The van der Waals surface area contributed by atoms with Crippen LogP contribution in [0.5, 0.6) is 5.88 Å². The lowest BCUT2D eigenvalue weighted by Gasteiger charge is -2.14. The van der Waals surface area contributed by atoms with Gasteiger partial charge in [-0.05, 0) is 35.9 Å². The molecule has 0 aliphatic rings. The Labute approximate surface area is 180 Å². The minimum absolute atomic E-state index is 0.0187. The zero-order valence-corrected chi connectivity index (χ0v) is 17.1. The molecule has 152 valence electrons. The summed E-state index contributed by atoms with van der Waals surface area (Å²) in [5.74, 6) is -0.179. The first-order valence-electron chi connectivity index (χ1n) is 10.0. The van der Waals surface area contributed by atoms with Crippen molar-refractivity contribution >= 4 is 22.7 Å². The monoisotopic (exact) mass is 407 g/mol. The summed E-state index contributed by atoms with van der Waals surface area (Å²) in [5.41, 5.74) is 2.11. The minimum Gasteiger partial charge on any atom is -0.494 e. The molecule has 0 radical (unpaired) electrons. The number of aliphatic imine (C=N–C) groups is 1. The van der Waals surface area contributed by atoms with Gasteiger partial charge in [-0.3, -0.25) is 14.4 Å².